The van der Waals surface area contributed by atoms with Crippen molar-refractivity contribution in [3.8, 4) is 11.8 Å². The number of nitrogen functional groups attached to an aromatic ring is 1. The fourth-order valence-corrected chi connectivity index (χ4v) is 3.41. The average Bonchev–Trinajstić information content (AvgIpc) is 2.80. The summed E-state index contributed by atoms with van der Waals surface area (Å²) in [4.78, 5) is 33.2. The van der Waals surface area contributed by atoms with Crippen molar-refractivity contribution in [1.82, 2.24) is 20.2 Å². The third-order valence-corrected chi connectivity index (χ3v) is 5.32. The zero-order valence-corrected chi connectivity index (χ0v) is 18.6. The number of H-pyrrole nitrogens is 1. The fourth-order valence-electron chi connectivity index (χ4n) is 3.41. The number of Topliss-reactive ketones (excluding diaryl/α,β-unsaturated/α-hetero) is 1. The molecule has 0 aliphatic rings. The number of aromatic amines is 1. The van der Waals surface area contributed by atoms with Crippen LogP contribution in [-0.4, -0.2) is 46.8 Å². The first-order valence-electron chi connectivity index (χ1n) is 10.8. The number of benzene rings is 2. The number of ketones is 1. The lowest BCUT2D eigenvalue weighted by Gasteiger charge is -2.17. The number of hydrogen-bond donors (Lipinski definition) is 3. The number of aromatic nitrogens is 2. The van der Waals surface area contributed by atoms with Crippen molar-refractivity contribution in [1.29, 1.82) is 0 Å². The lowest BCUT2D eigenvalue weighted by atomic mass is 10.1. The van der Waals surface area contributed by atoms with Crippen LogP contribution in [-0.2, 0) is 6.54 Å². The van der Waals surface area contributed by atoms with Crippen molar-refractivity contribution in [2.24, 2.45) is 0 Å². The van der Waals surface area contributed by atoms with Gasteiger partial charge in [0.2, 0.25) is 5.95 Å². The van der Waals surface area contributed by atoms with E-state index < -0.39 is 0 Å². The van der Waals surface area contributed by atoms with Crippen LogP contribution in [0.1, 0.15) is 41.8 Å². The van der Waals surface area contributed by atoms with Gasteiger partial charge >= 0.3 is 0 Å². The molecule has 0 atom stereocenters. The van der Waals surface area contributed by atoms with E-state index in [-0.39, 0.29) is 17.3 Å². The number of anilines is 1. The summed E-state index contributed by atoms with van der Waals surface area (Å²) in [5, 5.41) is 3.76. The number of hydrogen-bond acceptors (Lipinski definition) is 6. The first-order chi connectivity index (χ1) is 15.5. The van der Waals surface area contributed by atoms with Crippen molar-refractivity contribution in [3.05, 3.63) is 69.5 Å². The van der Waals surface area contributed by atoms with E-state index in [9.17, 15) is 9.59 Å². The van der Waals surface area contributed by atoms with Gasteiger partial charge in [-0.15, -0.1) is 0 Å². The molecule has 166 valence electrons. The molecule has 0 aliphatic carbocycles. The highest BCUT2D eigenvalue weighted by atomic mass is 16.1. The quantitative estimate of drug-likeness (QED) is 0.273. The summed E-state index contributed by atoms with van der Waals surface area (Å²) in [5.41, 5.74) is 8.45. The SMILES string of the molecule is CCN(CC)CCC(=O)c1ccc(C#CCNCc2ccc3nc(N)[nH]c(=O)c3c2)cc1. The van der Waals surface area contributed by atoms with Crippen molar-refractivity contribution in [2.75, 3.05) is 31.9 Å². The Bertz CT molecular complexity index is 1180. The van der Waals surface area contributed by atoms with Gasteiger partial charge in [-0.3, -0.25) is 14.6 Å². The third-order valence-electron chi connectivity index (χ3n) is 5.32. The van der Waals surface area contributed by atoms with E-state index in [1.807, 2.05) is 30.3 Å². The van der Waals surface area contributed by atoms with E-state index in [4.69, 9.17) is 5.73 Å². The molecule has 1 aromatic heterocycles. The van der Waals surface area contributed by atoms with Crippen LogP contribution in [0, 0.1) is 11.8 Å². The van der Waals surface area contributed by atoms with Gasteiger partial charge in [0.15, 0.2) is 5.78 Å². The second-order valence-electron chi connectivity index (χ2n) is 7.49. The Kier molecular flexibility index (Phi) is 8.14. The molecule has 0 bridgehead atoms. The summed E-state index contributed by atoms with van der Waals surface area (Å²) in [6.07, 6.45) is 0.528. The molecule has 7 nitrogen and oxygen atoms in total. The monoisotopic (exact) mass is 431 g/mol. The Morgan fingerprint density at radius 3 is 2.62 bits per heavy atom. The van der Waals surface area contributed by atoms with Crippen LogP contribution in [0.25, 0.3) is 10.9 Å². The van der Waals surface area contributed by atoms with Crippen molar-refractivity contribution in [2.45, 2.75) is 26.8 Å². The van der Waals surface area contributed by atoms with Gasteiger partial charge in [0.1, 0.15) is 0 Å². The first-order valence-corrected chi connectivity index (χ1v) is 10.8. The fraction of sp³-hybridized carbons (Fsp3) is 0.320. The molecule has 4 N–H and O–H groups in total. The van der Waals surface area contributed by atoms with Gasteiger partial charge in [-0.05, 0) is 42.9 Å². The topological polar surface area (TPSA) is 104 Å². The molecule has 3 rings (SSSR count). The Morgan fingerprint density at radius 2 is 1.91 bits per heavy atom. The van der Waals surface area contributed by atoms with Crippen LogP contribution in [0.15, 0.2) is 47.3 Å². The zero-order chi connectivity index (χ0) is 22.9. The highest BCUT2D eigenvalue weighted by molar-refractivity contribution is 5.96. The Labute approximate surface area is 188 Å². The smallest absolute Gasteiger partial charge is 0.260 e. The molecule has 0 saturated carbocycles. The number of nitrogens with two attached hydrogens (primary N) is 1. The number of carbonyl (C=O) groups excluding carboxylic acids is 1. The zero-order valence-electron chi connectivity index (χ0n) is 18.6. The summed E-state index contributed by atoms with van der Waals surface area (Å²) in [5.74, 6) is 6.45. The van der Waals surface area contributed by atoms with Gasteiger partial charge in [-0.25, -0.2) is 4.98 Å². The summed E-state index contributed by atoms with van der Waals surface area (Å²) in [6.45, 7) is 7.98. The maximum absolute atomic E-state index is 12.3. The van der Waals surface area contributed by atoms with Gasteiger partial charge in [0, 0.05) is 30.6 Å². The van der Waals surface area contributed by atoms with Crippen molar-refractivity contribution in [3.63, 3.8) is 0 Å². The molecule has 0 radical (unpaired) electrons. The van der Waals surface area contributed by atoms with Gasteiger partial charge in [-0.1, -0.05) is 43.9 Å². The summed E-state index contributed by atoms with van der Waals surface area (Å²) in [7, 11) is 0. The van der Waals surface area contributed by atoms with Crippen LogP contribution in [0.2, 0.25) is 0 Å². The third kappa shape index (κ3) is 6.27. The standard InChI is InChI=1S/C25H29N5O2/c1-3-30(4-2)15-13-23(31)20-10-7-18(8-11-20)6-5-14-27-17-19-9-12-22-21(16-19)24(32)29-25(26)28-22/h7-12,16,27H,3-4,13-15,17H2,1-2H3,(H3,26,28,29,32). The van der Waals surface area contributed by atoms with Gasteiger partial charge < -0.3 is 16.0 Å². The molecule has 0 amide bonds. The summed E-state index contributed by atoms with van der Waals surface area (Å²) >= 11 is 0. The second-order valence-corrected chi connectivity index (χ2v) is 7.49. The molecular weight excluding hydrogens is 402 g/mol. The lowest BCUT2D eigenvalue weighted by Crippen LogP contribution is -2.25. The Balaban J connectivity index is 1.50. The Hall–Kier alpha value is -3.47. The summed E-state index contributed by atoms with van der Waals surface area (Å²) in [6, 6.07) is 12.9. The minimum Gasteiger partial charge on any atom is -0.369 e. The Morgan fingerprint density at radius 1 is 1.16 bits per heavy atom. The van der Waals surface area contributed by atoms with Gasteiger partial charge in [0.25, 0.3) is 5.56 Å². The second kappa shape index (κ2) is 11.2. The van der Waals surface area contributed by atoms with E-state index in [1.54, 1.807) is 12.1 Å². The van der Waals surface area contributed by atoms with E-state index >= 15 is 0 Å². The molecule has 0 spiro atoms. The number of nitrogens with zero attached hydrogens (tertiary/aromatic N) is 2. The van der Waals surface area contributed by atoms with Crippen LogP contribution < -0.4 is 16.6 Å². The predicted molar refractivity (Wildman–Crippen MR) is 129 cm³/mol. The van der Waals surface area contributed by atoms with Crippen molar-refractivity contribution < 1.29 is 4.79 Å². The van der Waals surface area contributed by atoms with E-state index in [0.717, 1.165) is 36.3 Å². The molecule has 0 saturated heterocycles. The largest absolute Gasteiger partial charge is 0.369 e. The number of carbonyl (C=O) groups is 1. The molecule has 0 aliphatic heterocycles. The van der Waals surface area contributed by atoms with E-state index in [1.165, 1.54) is 0 Å². The number of fused-ring (bicyclic) bond motifs is 1. The average molecular weight is 432 g/mol. The predicted octanol–water partition coefficient (Wildman–Crippen LogP) is 2.56. The minimum absolute atomic E-state index is 0.112. The molecule has 32 heavy (non-hydrogen) atoms. The maximum atomic E-state index is 12.3. The van der Waals surface area contributed by atoms with Gasteiger partial charge in [-0.2, -0.15) is 0 Å². The van der Waals surface area contributed by atoms with Crippen molar-refractivity contribution >= 4 is 22.6 Å². The van der Waals surface area contributed by atoms with Gasteiger partial charge in [0.05, 0.1) is 17.4 Å². The number of nitrogens with one attached hydrogen (secondary N) is 2. The molecule has 0 unspecified atom stereocenters. The highest BCUT2D eigenvalue weighted by Crippen LogP contribution is 2.11. The highest BCUT2D eigenvalue weighted by Gasteiger charge is 2.08. The summed E-state index contributed by atoms with van der Waals surface area (Å²) < 4.78 is 0. The van der Waals surface area contributed by atoms with E-state index in [2.05, 4.69) is 45.9 Å². The van der Waals surface area contributed by atoms with Crippen LogP contribution in [0.5, 0.6) is 0 Å². The normalized spacial score (nSPS) is 10.8. The first kappa shape index (κ1) is 23.2. The van der Waals surface area contributed by atoms with Crippen LogP contribution >= 0.6 is 0 Å². The number of rotatable bonds is 9. The molecule has 2 aromatic carbocycles. The van der Waals surface area contributed by atoms with Crippen LogP contribution in [0.3, 0.4) is 0 Å². The molecule has 1 heterocycles. The lowest BCUT2D eigenvalue weighted by molar-refractivity contribution is 0.0966. The van der Waals surface area contributed by atoms with Crippen LogP contribution in [0.4, 0.5) is 5.95 Å². The minimum atomic E-state index is -0.246. The molecule has 7 heteroatoms. The molecule has 0 fully saturated rings. The molecular formula is C25H29N5O2. The maximum Gasteiger partial charge on any atom is 0.260 e. The van der Waals surface area contributed by atoms with E-state index in [0.29, 0.717) is 30.4 Å². The molecule has 3 aromatic rings.